The lowest BCUT2D eigenvalue weighted by molar-refractivity contribution is 0.737. The lowest BCUT2D eigenvalue weighted by Crippen LogP contribution is -1.66. The second-order valence-electron chi connectivity index (χ2n) is 3.68. The van der Waals surface area contributed by atoms with Crippen molar-refractivity contribution in [2.24, 2.45) is 5.92 Å². The summed E-state index contributed by atoms with van der Waals surface area (Å²) in [5.74, 6) is 0.833. The molecule has 0 aliphatic heterocycles. The molecule has 0 amide bonds. The third kappa shape index (κ3) is 3.22. The van der Waals surface area contributed by atoms with Gasteiger partial charge in [0.2, 0.25) is 0 Å². The summed E-state index contributed by atoms with van der Waals surface area (Å²) in [4.78, 5) is 0. The summed E-state index contributed by atoms with van der Waals surface area (Å²) in [5.41, 5.74) is 3.06. The Morgan fingerprint density at radius 3 is 1.64 bits per heavy atom. The monoisotopic (exact) mass is 148 g/mol. The van der Waals surface area contributed by atoms with E-state index in [9.17, 15) is 0 Å². The normalized spacial score (nSPS) is 11.6. The summed E-state index contributed by atoms with van der Waals surface area (Å²) in [6, 6.07) is 8.53. The molecule has 0 saturated heterocycles. The Morgan fingerprint density at radius 2 is 1.36 bits per heavy atom. The summed E-state index contributed by atoms with van der Waals surface area (Å²) in [5, 5.41) is 0. The maximum Gasteiger partial charge on any atom is -0.00201 e. The van der Waals surface area contributed by atoms with Gasteiger partial charge in [-0.1, -0.05) is 45.0 Å². The van der Waals surface area contributed by atoms with Crippen LogP contribution in [0.3, 0.4) is 0 Å². The van der Waals surface area contributed by atoms with E-state index in [0.717, 1.165) is 5.92 Å². The van der Waals surface area contributed by atoms with Crippen molar-refractivity contribution in [1.82, 2.24) is 0 Å². The third-order valence-electron chi connectivity index (χ3n) is 1.37. The van der Waals surface area contributed by atoms with Crippen LogP contribution in [0.1, 0.15) is 31.9 Å². The average Bonchev–Trinajstić information content (AvgIpc) is 2.62. The molecule has 0 saturated carbocycles. The van der Waals surface area contributed by atoms with Crippen molar-refractivity contribution in [2.75, 3.05) is 0 Å². The molecule has 0 fully saturated rings. The molecule has 0 spiro atoms. The van der Waals surface area contributed by atoms with Gasteiger partial charge in [0.15, 0.2) is 0 Å². The van der Waals surface area contributed by atoms with E-state index in [0.29, 0.717) is 0 Å². The van der Waals surface area contributed by atoms with Gasteiger partial charge in [0.1, 0.15) is 0 Å². The maximum absolute atomic E-state index is 2.18. The number of hydrogen-bond acceptors (Lipinski definition) is 0. The van der Waals surface area contributed by atoms with E-state index < -0.39 is 0 Å². The zero-order chi connectivity index (χ0) is 8.27. The molecule has 11 heavy (non-hydrogen) atoms. The molecule has 0 bridgehead atoms. The van der Waals surface area contributed by atoms with Crippen molar-refractivity contribution >= 4 is 0 Å². The van der Waals surface area contributed by atoms with E-state index >= 15 is 0 Å². The summed E-state index contributed by atoms with van der Waals surface area (Å²) in [7, 11) is 0. The Bertz CT molecular complexity index is 199. The van der Waals surface area contributed by atoms with Crippen LogP contribution in [0.15, 0.2) is 24.3 Å². The molecule has 0 heteroatoms. The minimum atomic E-state index is 0.833. The van der Waals surface area contributed by atoms with Crippen molar-refractivity contribution in [3.63, 3.8) is 0 Å². The fourth-order valence-corrected chi connectivity index (χ4v) is 0.836. The van der Waals surface area contributed by atoms with Gasteiger partial charge in [0.25, 0.3) is 0 Å². The second kappa shape index (κ2) is 3.56. The summed E-state index contributed by atoms with van der Waals surface area (Å²) in [6.45, 7) is 6.50. The standard InChI is InChI=1S/C7H6.C4H10/c1-2-4-7-5-6(7)3-1;1-4(2)3/h1-4H,5H2;4H,1-3H3. The summed E-state index contributed by atoms with van der Waals surface area (Å²) < 4.78 is 0. The highest BCUT2D eigenvalue weighted by atomic mass is 14.2. The van der Waals surface area contributed by atoms with Crippen molar-refractivity contribution in [1.29, 1.82) is 0 Å². The van der Waals surface area contributed by atoms with E-state index in [-0.39, 0.29) is 0 Å². The van der Waals surface area contributed by atoms with Gasteiger partial charge in [-0.3, -0.25) is 0 Å². The smallest absolute Gasteiger partial charge is 0.00201 e. The molecule has 1 aliphatic carbocycles. The van der Waals surface area contributed by atoms with Crippen LogP contribution >= 0.6 is 0 Å². The van der Waals surface area contributed by atoms with Crippen molar-refractivity contribution in [3.05, 3.63) is 35.4 Å². The molecule has 0 unspecified atom stereocenters. The van der Waals surface area contributed by atoms with E-state index in [1.165, 1.54) is 17.5 Å². The summed E-state index contributed by atoms with van der Waals surface area (Å²) >= 11 is 0. The molecular formula is C11H16. The van der Waals surface area contributed by atoms with Gasteiger partial charge in [0.05, 0.1) is 0 Å². The molecule has 1 aliphatic rings. The minimum absolute atomic E-state index is 0.833. The lowest BCUT2D eigenvalue weighted by atomic mass is 10.3. The van der Waals surface area contributed by atoms with Crippen LogP contribution in [-0.4, -0.2) is 0 Å². The van der Waals surface area contributed by atoms with Gasteiger partial charge in [0, 0.05) is 0 Å². The molecule has 0 radical (unpaired) electrons. The van der Waals surface area contributed by atoms with Crippen LogP contribution in [0, 0.1) is 5.92 Å². The first kappa shape index (κ1) is 8.32. The molecule has 0 heterocycles. The molecule has 1 aromatic rings. The molecule has 0 nitrogen and oxygen atoms in total. The topological polar surface area (TPSA) is 0 Å². The Balaban J connectivity index is 0.000000134. The molecule has 1 aromatic carbocycles. The SMILES string of the molecule is CC(C)C.c1ccc2c(c1)C2. The number of benzene rings is 1. The molecule has 0 aromatic heterocycles. The van der Waals surface area contributed by atoms with E-state index in [4.69, 9.17) is 0 Å². The Kier molecular flexibility index (Phi) is 2.70. The van der Waals surface area contributed by atoms with E-state index in [1.54, 1.807) is 0 Å². The largest absolute Gasteiger partial charge is 0.0630 e. The lowest BCUT2D eigenvalue weighted by Gasteiger charge is -1.79. The van der Waals surface area contributed by atoms with Crippen molar-refractivity contribution < 1.29 is 0 Å². The van der Waals surface area contributed by atoms with E-state index in [1.807, 2.05) is 0 Å². The third-order valence-corrected chi connectivity index (χ3v) is 1.37. The number of rotatable bonds is 0. The van der Waals surface area contributed by atoms with Crippen LogP contribution in [0.5, 0.6) is 0 Å². The quantitative estimate of drug-likeness (QED) is 0.538. The van der Waals surface area contributed by atoms with Gasteiger partial charge in [-0.05, 0) is 23.5 Å². The highest BCUT2D eigenvalue weighted by molar-refractivity contribution is 5.44. The Labute approximate surface area is 69.3 Å². The second-order valence-corrected chi connectivity index (χ2v) is 3.68. The maximum atomic E-state index is 2.18. The van der Waals surface area contributed by atoms with Gasteiger partial charge in [-0.2, -0.15) is 0 Å². The van der Waals surface area contributed by atoms with Gasteiger partial charge in [-0.15, -0.1) is 0 Å². The van der Waals surface area contributed by atoms with Crippen molar-refractivity contribution in [2.45, 2.75) is 27.2 Å². The van der Waals surface area contributed by atoms with Crippen LogP contribution in [-0.2, 0) is 6.42 Å². The minimum Gasteiger partial charge on any atom is -0.0630 e. The van der Waals surface area contributed by atoms with Crippen LogP contribution in [0.25, 0.3) is 0 Å². The van der Waals surface area contributed by atoms with Gasteiger partial charge in [-0.25, -0.2) is 0 Å². The van der Waals surface area contributed by atoms with Gasteiger partial charge >= 0.3 is 0 Å². The Hall–Kier alpha value is -0.780. The highest BCUT2D eigenvalue weighted by Crippen LogP contribution is 2.25. The first-order valence-corrected chi connectivity index (χ1v) is 4.27. The predicted molar refractivity (Wildman–Crippen MR) is 49.8 cm³/mol. The highest BCUT2D eigenvalue weighted by Gasteiger charge is 2.12. The molecule has 0 atom stereocenters. The zero-order valence-corrected chi connectivity index (χ0v) is 7.59. The van der Waals surface area contributed by atoms with Crippen LogP contribution in [0.2, 0.25) is 0 Å². The molecular weight excluding hydrogens is 132 g/mol. The van der Waals surface area contributed by atoms with Crippen LogP contribution < -0.4 is 0 Å². The molecule has 0 N–H and O–H groups in total. The molecule has 60 valence electrons. The van der Waals surface area contributed by atoms with Crippen molar-refractivity contribution in [3.8, 4) is 0 Å². The van der Waals surface area contributed by atoms with Gasteiger partial charge < -0.3 is 0 Å². The number of hydrogen-bond donors (Lipinski definition) is 0. The summed E-state index contributed by atoms with van der Waals surface area (Å²) in [6.07, 6.45) is 1.24. The fourth-order valence-electron chi connectivity index (χ4n) is 0.836. The van der Waals surface area contributed by atoms with Crippen LogP contribution in [0.4, 0.5) is 0 Å². The first-order chi connectivity index (χ1) is 5.20. The predicted octanol–water partition coefficient (Wildman–Crippen LogP) is 3.25. The average molecular weight is 148 g/mol. The Morgan fingerprint density at radius 1 is 1.00 bits per heavy atom. The fraction of sp³-hybridized carbons (Fsp3) is 0.455. The van der Waals surface area contributed by atoms with E-state index in [2.05, 4.69) is 45.0 Å². The number of fused-ring (bicyclic) bond motifs is 1. The first-order valence-electron chi connectivity index (χ1n) is 4.27. The molecule has 2 rings (SSSR count). The zero-order valence-electron chi connectivity index (χ0n) is 7.59.